The third-order valence-corrected chi connectivity index (χ3v) is 3.53. The summed E-state index contributed by atoms with van der Waals surface area (Å²) in [5.74, 6) is 1.51. The van der Waals surface area contributed by atoms with Crippen LogP contribution in [-0.4, -0.2) is 28.3 Å². The first-order valence-corrected chi connectivity index (χ1v) is 7.05. The third-order valence-electron chi connectivity index (χ3n) is 3.53. The molecule has 0 amide bonds. The second-order valence-corrected chi connectivity index (χ2v) is 5.17. The van der Waals surface area contributed by atoms with E-state index in [0.717, 1.165) is 31.4 Å². The second-order valence-electron chi connectivity index (χ2n) is 5.17. The summed E-state index contributed by atoms with van der Waals surface area (Å²) in [5.41, 5.74) is 2.51. The Morgan fingerprint density at radius 1 is 1.15 bits per heavy atom. The van der Waals surface area contributed by atoms with E-state index in [9.17, 15) is 0 Å². The van der Waals surface area contributed by atoms with Crippen LogP contribution in [0.3, 0.4) is 0 Å². The van der Waals surface area contributed by atoms with Gasteiger partial charge in [0, 0.05) is 19.6 Å². The maximum atomic E-state index is 4.53. The number of nitrogens with one attached hydrogen (secondary N) is 1. The molecule has 0 atom stereocenters. The molecule has 1 N–H and O–H groups in total. The van der Waals surface area contributed by atoms with E-state index in [1.54, 1.807) is 6.20 Å². The SMILES string of the molecule is Cc1ccc(CNc2cnnc(N3CCCC3)n2)cc1. The minimum absolute atomic E-state index is 0.733. The number of aryl methyl sites for hydroxylation is 1. The molecule has 20 heavy (non-hydrogen) atoms. The molecular formula is C15H19N5. The lowest BCUT2D eigenvalue weighted by Gasteiger charge is -2.14. The highest BCUT2D eigenvalue weighted by Gasteiger charge is 2.15. The van der Waals surface area contributed by atoms with Crippen molar-refractivity contribution < 1.29 is 0 Å². The maximum absolute atomic E-state index is 4.53. The van der Waals surface area contributed by atoms with Gasteiger partial charge in [-0.15, -0.1) is 5.10 Å². The van der Waals surface area contributed by atoms with Crippen molar-refractivity contribution in [2.24, 2.45) is 0 Å². The van der Waals surface area contributed by atoms with Crippen LogP contribution in [0.15, 0.2) is 30.5 Å². The van der Waals surface area contributed by atoms with Gasteiger partial charge in [0.15, 0.2) is 5.82 Å². The summed E-state index contributed by atoms with van der Waals surface area (Å²) in [6.45, 7) is 4.90. The highest BCUT2D eigenvalue weighted by Crippen LogP contribution is 2.16. The molecular weight excluding hydrogens is 250 g/mol. The largest absolute Gasteiger partial charge is 0.365 e. The van der Waals surface area contributed by atoms with Crippen LogP contribution < -0.4 is 10.2 Å². The monoisotopic (exact) mass is 269 g/mol. The molecule has 0 spiro atoms. The summed E-state index contributed by atoms with van der Waals surface area (Å²) < 4.78 is 0. The molecule has 104 valence electrons. The van der Waals surface area contributed by atoms with E-state index in [-0.39, 0.29) is 0 Å². The Kier molecular flexibility index (Phi) is 3.76. The van der Waals surface area contributed by atoms with Crippen LogP contribution >= 0.6 is 0 Å². The van der Waals surface area contributed by atoms with Crippen LogP contribution in [0, 0.1) is 6.92 Å². The molecule has 5 heteroatoms. The van der Waals surface area contributed by atoms with E-state index in [1.165, 1.54) is 24.0 Å². The Morgan fingerprint density at radius 3 is 2.65 bits per heavy atom. The van der Waals surface area contributed by atoms with Gasteiger partial charge in [-0.2, -0.15) is 10.1 Å². The zero-order chi connectivity index (χ0) is 13.8. The van der Waals surface area contributed by atoms with Crippen LogP contribution in [0.2, 0.25) is 0 Å². The second kappa shape index (κ2) is 5.86. The van der Waals surface area contributed by atoms with Crippen molar-refractivity contribution in [1.29, 1.82) is 0 Å². The number of hydrogen-bond acceptors (Lipinski definition) is 5. The van der Waals surface area contributed by atoms with E-state index < -0.39 is 0 Å². The van der Waals surface area contributed by atoms with Gasteiger partial charge in [0.25, 0.3) is 0 Å². The van der Waals surface area contributed by atoms with Crippen LogP contribution in [0.5, 0.6) is 0 Å². The maximum Gasteiger partial charge on any atom is 0.247 e. The molecule has 5 nitrogen and oxygen atoms in total. The minimum Gasteiger partial charge on any atom is -0.365 e. The molecule has 0 radical (unpaired) electrons. The standard InChI is InChI=1S/C15H19N5/c1-12-4-6-13(7-5-12)10-16-14-11-17-19-15(18-14)20-8-2-3-9-20/h4-7,11H,2-3,8-10H2,1H3,(H,16,18,19). The van der Waals surface area contributed by atoms with Gasteiger partial charge in [0.05, 0.1) is 6.20 Å². The normalized spacial score (nSPS) is 14.6. The zero-order valence-electron chi connectivity index (χ0n) is 11.7. The van der Waals surface area contributed by atoms with Crippen molar-refractivity contribution in [1.82, 2.24) is 15.2 Å². The molecule has 1 aromatic carbocycles. The molecule has 0 unspecified atom stereocenters. The molecule has 2 aromatic rings. The Labute approximate surface area is 119 Å². The van der Waals surface area contributed by atoms with Gasteiger partial charge in [-0.05, 0) is 25.3 Å². The highest BCUT2D eigenvalue weighted by atomic mass is 15.3. The quantitative estimate of drug-likeness (QED) is 0.923. The van der Waals surface area contributed by atoms with Crippen molar-refractivity contribution in [3.8, 4) is 0 Å². The van der Waals surface area contributed by atoms with Crippen molar-refractivity contribution in [2.45, 2.75) is 26.3 Å². The average molecular weight is 269 g/mol. The summed E-state index contributed by atoms with van der Waals surface area (Å²) in [6.07, 6.45) is 4.10. The Hall–Kier alpha value is -2.17. The predicted octanol–water partition coefficient (Wildman–Crippen LogP) is 2.39. The fraction of sp³-hybridized carbons (Fsp3) is 0.400. The van der Waals surface area contributed by atoms with Gasteiger partial charge < -0.3 is 10.2 Å². The Bertz CT molecular complexity index is 561. The first-order chi connectivity index (χ1) is 9.81. The zero-order valence-corrected chi connectivity index (χ0v) is 11.7. The highest BCUT2D eigenvalue weighted by molar-refractivity contribution is 5.40. The average Bonchev–Trinajstić information content (AvgIpc) is 3.01. The lowest BCUT2D eigenvalue weighted by molar-refractivity contribution is 0.848. The number of anilines is 2. The molecule has 1 aliphatic rings. The van der Waals surface area contributed by atoms with E-state index in [4.69, 9.17) is 0 Å². The van der Waals surface area contributed by atoms with Gasteiger partial charge in [-0.25, -0.2) is 0 Å². The van der Waals surface area contributed by atoms with E-state index in [0.29, 0.717) is 0 Å². The summed E-state index contributed by atoms with van der Waals surface area (Å²) in [4.78, 5) is 6.71. The number of nitrogens with zero attached hydrogens (tertiary/aromatic N) is 4. The van der Waals surface area contributed by atoms with Gasteiger partial charge in [-0.3, -0.25) is 0 Å². The van der Waals surface area contributed by atoms with Crippen LogP contribution in [0.1, 0.15) is 24.0 Å². The smallest absolute Gasteiger partial charge is 0.247 e. The fourth-order valence-corrected chi connectivity index (χ4v) is 2.33. The first-order valence-electron chi connectivity index (χ1n) is 7.05. The van der Waals surface area contributed by atoms with Crippen LogP contribution in [-0.2, 0) is 6.54 Å². The van der Waals surface area contributed by atoms with E-state index >= 15 is 0 Å². The van der Waals surface area contributed by atoms with Gasteiger partial charge in [0.1, 0.15) is 0 Å². The van der Waals surface area contributed by atoms with Crippen molar-refractivity contribution in [3.05, 3.63) is 41.6 Å². The van der Waals surface area contributed by atoms with E-state index in [2.05, 4.69) is 56.6 Å². The molecule has 1 fully saturated rings. The molecule has 1 saturated heterocycles. The van der Waals surface area contributed by atoms with Crippen molar-refractivity contribution >= 4 is 11.8 Å². The van der Waals surface area contributed by atoms with Crippen LogP contribution in [0.4, 0.5) is 11.8 Å². The molecule has 0 bridgehead atoms. The lowest BCUT2D eigenvalue weighted by Crippen LogP contribution is -2.21. The summed E-state index contributed by atoms with van der Waals surface area (Å²) in [5, 5.41) is 11.5. The first kappa shape index (κ1) is 12.8. The van der Waals surface area contributed by atoms with Gasteiger partial charge >= 0.3 is 0 Å². The predicted molar refractivity (Wildman–Crippen MR) is 79.8 cm³/mol. The molecule has 3 rings (SSSR count). The van der Waals surface area contributed by atoms with Crippen molar-refractivity contribution in [3.63, 3.8) is 0 Å². The Morgan fingerprint density at radius 2 is 1.90 bits per heavy atom. The molecule has 2 heterocycles. The number of aromatic nitrogens is 3. The fourth-order valence-electron chi connectivity index (χ4n) is 2.33. The summed E-state index contributed by atoms with van der Waals surface area (Å²) in [7, 11) is 0. The molecule has 0 aliphatic carbocycles. The molecule has 1 aliphatic heterocycles. The molecule has 0 saturated carbocycles. The Balaban J connectivity index is 1.65. The lowest BCUT2D eigenvalue weighted by atomic mass is 10.1. The molecule has 1 aromatic heterocycles. The summed E-state index contributed by atoms with van der Waals surface area (Å²) in [6, 6.07) is 8.48. The number of rotatable bonds is 4. The van der Waals surface area contributed by atoms with Crippen LogP contribution in [0.25, 0.3) is 0 Å². The number of hydrogen-bond donors (Lipinski definition) is 1. The van der Waals surface area contributed by atoms with Gasteiger partial charge in [-0.1, -0.05) is 29.8 Å². The summed E-state index contributed by atoms with van der Waals surface area (Å²) >= 11 is 0. The number of benzene rings is 1. The topological polar surface area (TPSA) is 53.9 Å². The van der Waals surface area contributed by atoms with Gasteiger partial charge in [0.2, 0.25) is 5.95 Å². The van der Waals surface area contributed by atoms with E-state index in [1.807, 2.05) is 0 Å². The third kappa shape index (κ3) is 3.04. The van der Waals surface area contributed by atoms with Crippen molar-refractivity contribution in [2.75, 3.05) is 23.3 Å². The minimum atomic E-state index is 0.733.